The molecule has 2 aromatic heterocycles. The van der Waals surface area contributed by atoms with Gasteiger partial charge >= 0.3 is 0 Å². The molecule has 2 atom stereocenters. The van der Waals surface area contributed by atoms with Crippen LogP contribution >= 0.6 is 11.3 Å². The fourth-order valence-corrected chi connectivity index (χ4v) is 3.91. The van der Waals surface area contributed by atoms with Gasteiger partial charge in [0.25, 0.3) is 5.91 Å². The minimum atomic E-state index is -0.136. The number of amides is 1. The zero-order valence-electron chi connectivity index (χ0n) is 12.5. The van der Waals surface area contributed by atoms with Crippen molar-refractivity contribution in [3.8, 4) is 0 Å². The molecular weight excluding hydrogens is 298 g/mol. The van der Waals surface area contributed by atoms with Gasteiger partial charge in [-0.2, -0.15) is 0 Å². The summed E-state index contributed by atoms with van der Waals surface area (Å²) in [6.07, 6.45) is 5.19. The molecule has 6 heteroatoms. The molecule has 2 aliphatic carbocycles. The highest BCUT2D eigenvalue weighted by atomic mass is 32.1. The lowest BCUT2D eigenvalue weighted by Gasteiger charge is -2.26. The Bertz CT molecular complexity index is 689. The Morgan fingerprint density at radius 2 is 2.27 bits per heavy atom. The van der Waals surface area contributed by atoms with Crippen LogP contribution in [0.5, 0.6) is 0 Å². The van der Waals surface area contributed by atoms with E-state index in [0.717, 1.165) is 11.7 Å². The maximum Gasteiger partial charge on any atom is 0.258 e. The monoisotopic (exact) mass is 317 g/mol. The lowest BCUT2D eigenvalue weighted by molar-refractivity contribution is 0.102. The summed E-state index contributed by atoms with van der Waals surface area (Å²) in [5, 5.41) is 12.1. The van der Waals surface area contributed by atoms with Gasteiger partial charge in [-0.3, -0.25) is 10.1 Å². The van der Waals surface area contributed by atoms with E-state index in [-0.39, 0.29) is 5.91 Å². The third-order valence-corrected chi connectivity index (χ3v) is 5.52. The van der Waals surface area contributed by atoms with Gasteiger partial charge < -0.3 is 9.84 Å². The molecule has 0 aromatic carbocycles. The number of hydrogen-bond donors (Lipinski definition) is 2. The van der Waals surface area contributed by atoms with Crippen molar-refractivity contribution in [2.75, 3.05) is 5.32 Å². The fourth-order valence-electron chi connectivity index (χ4n) is 2.84. The Hall–Kier alpha value is -1.66. The number of aryl methyl sites for hydroxylation is 1. The van der Waals surface area contributed by atoms with Crippen LogP contribution in [-0.2, 0) is 0 Å². The number of nitrogens with zero attached hydrogens (tertiary/aromatic N) is 1. The first kappa shape index (κ1) is 14.0. The summed E-state index contributed by atoms with van der Waals surface area (Å²) in [4.78, 5) is 13.5. The van der Waals surface area contributed by atoms with Crippen molar-refractivity contribution in [2.24, 2.45) is 0 Å². The fraction of sp³-hybridized carbons (Fsp3) is 0.500. The minimum Gasteiger partial charge on any atom is -0.338 e. The number of rotatable bonds is 5. The molecule has 2 saturated carbocycles. The van der Waals surface area contributed by atoms with Gasteiger partial charge in [-0.1, -0.05) is 11.6 Å². The average molecular weight is 317 g/mol. The molecule has 2 fully saturated rings. The van der Waals surface area contributed by atoms with Crippen molar-refractivity contribution in [3.05, 3.63) is 33.6 Å². The van der Waals surface area contributed by atoms with Crippen LogP contribution in [-0.4, -0.2) is 23.1 Å². The molecule has 0 radical (unpaired) electrons. The van der Waals surface area contributed by atoms with Gasteiger partial charge in [-0.05, 0) is 32.3 Å². The van der Waals surface area contributed by atoms with Gasteiger partial charge in [-0.15, -0.1) is 11.3 Å². The molecule has 2 aromatic rings. The molecule has 4 rings (SSSR count). The molecule has 2 N–H and O–H groups in total. The van der Waals surface area contributed by atoms with Crippen LogP contribution < -0.4 is 10.6 Å². The van der Waals surface area contributed by atoms with Crippen molar-refractivity contribution in [1.82, 2.24) is 10.5 Å². The Morgan fingerprint density at radius 3 is 2.95 bits per heavy atom. The van der Waals surface area contributed by atoms with Gasteiger partial charge in [0, 0.05) is 34.3 Å². The van der Waals surface area contributed by atoms with Crippen LogP contribution in [0.15, 0.2) is 22.0 Å². The third-order valence-electron chi connectivity index (χ3n) is 4.46. The standard InChI is InChI=1S/C16H19N3O2S/c1-9-5-15(21-19-9)18-16(20)10-6-14(22-8-10)12-7-13(12)17-11-3-2-4-11/h5-6,8,11-13,17H,2-4,7H2,1H3,(H,18,20). The van der Waals surface area contributed by atoms with E-state index >= 15 is 0 Å². The van der Waals surface area contributed by atoms with Crippen LogP contribution in [0.4, 0.5) is 5.88 Å². The number of aromatic nitrogens is 1. The second-order valence-electron chi connectivity index (χ2n) is 6.27. The molecule has 22 heavy (non-hydrogen) atoms. The van der Waals surface area contributed by atoms with Crippen molar-refractivity contribution < 1.29 is 9.32 Å². The normalized spacial score (nSPS) is 24.0. The number of carbonyl (C=O) groups is 1. The van der Waals surface area contributed by atoms with Crippen LogP contribution in [0.25, 0.3) is 0 Å². The van der Waals surface area contributed by atoms with Crippen LogP contribution in [0.1, 0.15) is 52.5 Å². The largest absolute Gasteiger partial charge is 0.338 e. The SMILES string of the molecule is Cc1cc(NC(=O)c2csc(C3CC3NC3CCC3)c2)on1. The lowest BCUT2D eigenvalue weighted by atomic mass is 9.93. The summed E-state index contributed by atoms with van der Waals surface area (Å²) in [5.41, 5.74) is 1.45. The highest BCUT2D eigenvalue weighted by molar-refractivity contribution is 7.10. The van der Waals surface area contributed by atoms with E-state index in [4.69, 9.17) is 4.52 Å². The van der Waals surface area contributed by atoms with E-state index in [1.807, 2.05) is 18.4 Å². The van der Waals surface area contributed by atoms with E-state index < -0.39 is 0 Å². The quantitative estimate of drug-likeness (QED) is 0.888. The van der Waals surface area contributed by atoms with Crippen LogP contribution in [0, 0.1) is 6.92 Å². The summed E-state index contributed by atoms with van der Waals surface area (Å²) >= 11 is 1.67. The predicted molar refractivity (Wildman–Crippen MR) is 85.4 cm³/mol. The molecular formula is C16H19N3O2S. The number of thiophene rings is 1. The summed E-state index contributed by atoms with van der Waals surface area (Å²) in [6.45, 7) is 1.82. The second-order valence-corrected chi connectivity index (χ2v) is 7.21. The number of nitrogens with one attached hydrogen (secondary N) is 2. The van der Waals surface area contributed by atoms with E-state index in [9.17, 15) is 4.79 Å². The summed E-state index contributed by atoms with van der Waals surface area (Å²) < 4.78 is 5.01. The molecule has 0 aliphatic heterocycles. The Balaban J connectivity index is 1.36. The van der Waals surface area contributed by atoms with Gasteiger partial charge in [0.05, 0.1) is 11.3 Å². The smallest absolute Gasteiger partial charge is 0.258 e. The molecule has 2 unspecified atom stereocenters. The van der Waals surface area contributed by atoms with E-state index in [1.54, 1.807) is 17.4 Å². The Morgan fingerprint density at radius 1 is 1.41 bits per heavy atom. The molecule has 1 amide bonds. The van der Waals surface area contributed by atoms with Gasteiger partial charge in [0.1, 0.15) is 0 Å². The predicted octanol–water partition coefficient (Wildman–Crippen LogP) is 3.29. The number of carbonyl (C=O) groups excluding carboxylic acids is 1. The van der Waals surface area contributed by atoms with E-state index in [0.29, 0.717) is 23.4 Å². The Kier molecular flexibility index (Phi) is 3.50. The van der Waals surface area contributed by atoms with E-state index in [2.05, 4.69) is 15.8 Å². The van der Waals surface area contributed by atoms with Crippen molar-refractivity contribution in [2.45, 2.75) is 50.6 Å². The highest BCUT2D eigenvalue weighted by Gasteiger charge is 2.41. The number of hydrogen-bond acceptors (Lipinski definition) is 5. The number of anilines is 1. The third kappa shape index (κ3) is 2.80. The van der Waals surface area contributed by atoms with Crippen LogP contribution in [0.2, 0.25) is 0 Å². The van der Waals surface area contributed by atoms with Crippen molar-refractivity contribution in [3.63, 3.8) is 0 Å². The molecule has 0 bridgehead atoms. The maximum atomic E-state index is 12.2. The van der Waals surface area contributed by atoms with Crippen molar-refractivity contribution >= 4 is 23.1 Å². The first-order chi connectivity index (χ1) is 10.7. The zero-order valence-corrected chi connectivity index (χ0v) is 13.3. The lowest BCUT2D eigenvalue weighted by Crippen LogP contribution is -2.37. The first-order valence-electron chi connectivity index (χ1n) is 7.78. The highest BCUT2D eigenvalue weighted by Crippen LogP contribution is 2.44. The van der Waals surface area contributed by atoms with Gasteiger partial charge in [-0.25, -0.2) is 0 Å². The molecule has 116 valence electrons. The summed E-state index contributed by atoms with van der Waals surface area (Å²) in [6, 6.07) is 5.06. The van der Waals surface area contributed by atoms with Crippen molar-refractivity contribution in [1.29, 1.82) is 0 Å². The molecule has 5 nitrogen and oxygen atoms in total. The van der Waals surface area contributed by atoms with Gasteiger partial charge in [0.2, 0.25) is 5.88 Å². The topological polar surface area (TPSA) is 67.2 Å². The molecule has 2 aliphatic rings. The van der Waals surface area contributed by atoms with E-state index in [1.165, 1.54) is 30.6 Å². The van der Waals surface area contributed by atoms with Gasteiger partial charge in [0.15, 0.2) is 0 Å². The molecule has 0 saturated heterocycles. The average Bonchev–Trinajstić information content (AvgIpc) is 2.84. The molecule has 0 spiro atoms. The second kappa shape index (κ2) is 5.52. The maximum absolute atomic E-state index is 12.2. The minimum absolute atomic E-state index is 0.136. The zero-order chi connectivity index (χ0) is 15.1. The molecule has 2 heterocycles. The van der Waals surface area contributed by atoms with Crippen LogP contribution in [0.3, 0.4) is 0 Å². The Labute approximate surface area is 133 Å². The summed E-state index contributed by atoms with van der Waals surface area (Å²) in [5.74, 6) is 0.841. The first-order valence-corrected chi connectivity index (χ1v) is 8.66. The summed E-state index contributed by atoms with van der Waals surface area (Å²) in [7, 11) is 0.